The van der Waals surface area contributed by atoms with E-state index >= 15 is 0 Å². The summed E-state index contributed by atoms with van der Waals surface area (Å²) in [6, 6.07) is 3.90. The van der Waals surface area contributed by atoms with E-state index < -0.39 is 0 Å². The van der Waals surface area contributed by atoms with E-state index in [1.165, 1.54) is 0 Å². The average Bonchev–Trinajstić information content (AvgIpc) is 2.12. The van der Waals surface area contributed by atoms with E-state index in [1.54, 1.807) is 0 Å². The molecule has 0 radical (unpaired) electrons. The van der Waals surface area contributed by atoms with Crippen molar-refractivity contribution < 1.29 is 0 Å². The largest absolute Gasteiger partial charge is 0.359 e. The molecule has 0 atom stereocenters. The molecular formula is C10H11BrN2. The molecule has 0 aromatic carbocycles. The Hall–Kier alpha value is -1.01. The van der Waals surface area contributed by atoms with Gasteiger partial charge < -0.3 is 5.32 Å². The number of hydrogen-bond donors (Lipinski definition) is 1. The summed E-state index contributed by atoms with van der Waals surface area (Å²) >= 11 is 3.39. The minimum absolute atomic E-state index is 0.643. The van der Waals surface area contributed by atoms with Crippen molar-refractivity contribution in [3.05, 3.63) is 22.3 Å². The molecule has 68 valence electrons. The number of pyridine rings is 1. The van der Waals surface area contributed by atoms with Crippen LogP contribution in [-0.4, -0.2) is 11.5 Å². The van der Waals surface area contributed by atoms with E-state index in [1.807, 2.05) is 26.0 Å². The SMILES string of the molecule is CC#CCNc1ccc(Br)c(C)n1. The van der Waals surface area contributed by atoms with Crippen molar-refractivity contribution in [3.63, 3.8) is 0 Å². The minimum atomic E-state index is 0.643. The van der Waals surface area contributed by atoms with Crippen LogP contribution in [-0.2, 0) is 0 Å². The second kappa shape index (κ2) is 4.88. The molecule has 1 N–H and O–H groups in total. The van der Waals surface area contributed by atoms with Gasteiger partial charge in [0.05, 0.1) is 12.2 Å². The van der Waals surface area contributed by atoms with Crippen LogP contribution in [0.2, 0.25) is 0 Å². The highest BCUT2D eigenvalue weighted by Gasteiger charge is 1.96. The standard InChI is InChI=1S/C10H11BrN2/c1-3-4-7-12-10-6-5-9(11)8(2)13-10/h5-6H,7H2,1-2H3,(H,12,13). The van der Waals surface area contributed by atoms with Crippen LogP contribution in [0.3, 0.4) is 0 Å². The highest BCUT2D eigenvalue weighted by Crippen LogP contribution is 2.15. The van der Waals surface area contributed by atoms with E-state index in [4.69, 9.17) is 0 Å². The highest BCUT2D eigenvalue weighted by molar-refractivity contribution is 9.10. The molecule has 0 aliphatic carbocycles. The van der Waals surface area contributed by atoms with Crippen LogP contribution in [0.25, 0.3) is 0 Å². The molecule has 13 heavy (non-hydrogen) atoms. The van der Waals surface area contributed by atoms with E-state index in [-0.39, 0.29) is 0 Å². The van der Waals surface area contributed by atoms with Gasteiger partial charge in [-0.1, -0.05) is 5.92 Å². The predicted octanol–water partition coefficient (Wildman–Crippen LogP) is 2.59. The van der Waals surface area contributed by atoms with Gasteiger partial charge in [-0.05, 0) is 41.9 Å². The minimum Gasteiger partial charge on any atom is -0.359 e. The van der Waals surface area contributed by atoms with Gasteiger partial charge in [0.1, 0.15) is 5.82 Å². The molecule has 1 heterocycles. The molecule has 3 heteroatoms. The third kappa shape index (κ3) is 3.08. The number of anilines is 1. The zero-order valence-corrected chi connectivity index (χ0v) is 9.27. The average molecular weight is 239 g/mol. The Bertz CT molecular complexity index is 350. The first-order valence-corrected chi connectivity index (χ1v) is 4.80. The molecule has 0 aliphatic heterocycles. The maximum atomic E-state index is 4.32. The van der Waals surface area contributed by atoms with Gasteiger partial charge in [-0.2, -0.15) is 0 Å². The van der Waals surface area contributed by atoms with E-state index in [9.17, 15) is 0 Å². The molecule has 0 fully saturated rings. The van der Waals surface area contributed by atoms with Crippen molar-refractivity contribution in [2.24, 2.45) is 0 Å². The topological polar surface area (TPSA) is 24.9 Å². The fraction of sp³-hybridized carbons (Fsp3) is 0.300. The molecule has 0 amide bonds. The van der Waals surface area contributed by atoms with Crippen molar-refractivity contribution >= 4 is 21.7 Å². The fourth-order valence-electron chi connectivity index (χ4n) is 0.866. The van der Waals surface area contributed by atoms with E-state index in [0.29, 0.717) is 6.54 Å². The molecule has 0 saturated heterocycles. The monoisotopic (exact) mass is 238 g/mol. The molecule has 2 nitrogen and oxygen atoms in total. The summed E-state index contributed by atoms with van der Waals surface area (Å²) in [5, 5.41) is 3.11. The van der Waals surface area contributed by atoms with Gasteiger partial charge in [0.2, 0.25) is 0 Å². The second-order valence-electron chi connectivity index (χ2n) is 2.54. The first kappa shape index (κ1) is 10.1. The number of rotatable bonds is 2. The maximum Gasteiger partial charge on any atom is 0.127 e. The first-order chi connectivity index (χ1) is 6.24. The Balaban J connectivity index is 2.66. The van der Waals surface area contributed by atoms with Gasteiger partial charge in [-0.15, -0.1) is 5.92 Å². The summed E-state index contributed by atoms with van der Waals surface area (Å²) in [5.41, 5.74) is 0.981. The molecule has 0 unspecified atom stereocenters. The lowest BCUT2D eigenvalue weighted by Gasteiger charge is -2.03. The van der Waals surface area contributed by atoms with Crippen molar-refractivity contribution in [2.75, 3.05) is 11.9 Å². The lowest BCUT2D eigenvalue weighted by molar-refractivity contribution is 1.15. The van der Waals surface area contributed by atoms with Crippen LogP contribution in [0.5, 0.6) is 0 Å². The lowest BCUT2D eigenvalue weighted by atomic mass is 10.4. The van der Waals surface area contributed by atoms with Crippen LogP contribution < -0.4 is 5.32 Å². The van der Waals surface area contributed by atoms with Crippen molar-refractivity contribution in [1.82, 2.24) is 4.98 Å². The molecule has 1 aromatic heterocycles. The van der Waals surface area contributed by atoms with Crippen LogP contribution in [0.15, 0.2) is 16.6 Å². The number of aromatic nitrogens is 1. The Kier molecular flexibility index (Phi) is 3.78. The first-order valence-electron chi connectivity index (χ1n) is 4.00. The zero-order chi connectivity index (χ0) is 9.68. The Morgan fingerprint density at radius 3 is 2.92 bits per heavy atom. The summed E-state index contributed by atoms with van der Waals surface area (Å²) in [6.07, 6.45) is 0. The number of aryl methyl sites for hydroxylation is 1. The molecule has 0 saturated carbocycles. The molecule has 1 rings (SSSR count). The summed E-state index contributed by atoms with van der Waals surface area (Å²) in [7, 11) is 0. The number of nitrogens with one attached hydrogen (secondary N) is 1. The summed E-state index contributed by atoms with van der Waals surface area (Å²) in [6.45, 7) is 4.42. The van der Waals surface area contributed by atoms with Crippen LogP contribution in [0.4, 0.5) is 5.82 Å². The van der Waals surface area contributed by atoms with Crippen molar-refractivity contribution in [2.45, 2.75) is 13.8 Å². The summed E-state index contributed by atoms with van der Waals surface area (Å²) < 4.78 is 1.03. The zero-order valence-electron chi connectivity index (χ0n) is 7.69. The number of halogens is 1. The van der Waals surface area contributed by atoms with Gasteiger partial charge in [0.25, 0.3) is 0 Å². The molecule has 1 aromatic rings. The van der Waals surface area contributed by atoms with Crippen molar-refractivity contribution in [1.29, 1.82) is 0 Å². The fourth-order valence-corrected chi connectivity index (χ4v) is 1.09. The van der Waals surface area contributed by atoms with Crippen molar-refractivity contribution in [3.8, 4) is 11.8 Å². The third-order valence-electron chi connectivity index (χ3n) is 1.56. The Labute approximate surface area is 86.9 Å². The van der Waals surface area contributed by atoms with Crippen LogP contribution in [0.1, 0.15) is 12.6 Å². The predicted molar refractivity (Wildman–Crippen MR) is 58.6 cm³/mol. The van der Waals surface area contributed by atoms with Crippen LogP contribution in [0, 0.1) is 18.8 Å². The Morgan fingerprint density at radius 2 is 2.31 bits per heavy atom. The van der Waals surface area contributed by atoms with Crippen LogP contribution >= 0.6 is 15.9 Å². The normalized spacial score (nSPS) is 8.85. The number of nitrogens with zero attached hydrogens (tertiary/aromatic N) is 1. The molecule has 0 spiro atoms. The summed E-state index contributed by atoms with van der Waals surface area (Å²) in [5.74, 6) is 6.60. The smallest absolute Gasteiger partial charge is 0.127 e. The maximum absolute atomic E-state index is 4.32. The van der Waals surface area contributed by atoms with Gasteiger partial charge in [-0.3, -0.25) is 0 Å². The molecule has 0 aliphatic rings. The third-order valence-corrected chi connectivity index (χ3v) is 2.39. The van der Waals surface area contributed by atoms with Gasteiger partial charge in [0, 0.05) is 4.47 Å². The van der Waals surface area contributed by atoms with Gasteiger partial charge in [-0.25, -0.2) is 4.98 Å². The second-order valence-corrected chi connectivity index (χ2v) is 3.40. The summed E-state index contributed by atoms with van der Waals surface area (Å²) in [4.78, 5) is 4.32. The highest BCUT2D eigenvalue weighted by atomic mass is 79.9. The Morgan fingerprint density at radius 1 is 1.54 bits per heavy atom. The van der Waals surface area contributed by atoms with Gasteiger partial charge >= 0.3 is 0 Å². The number of hydrogen-bond acceptors (Lipinski definition) is 2. The molecule has 0 bridgehead atoms. The quantitative estimate of drug-likeness (QED) is 0.802. The molecular weight excluding hydrogens is 228 g/mol. The van der Waals surface area contributed by atoms with E-state index in [0.717, 1.165) is 16.0 Å². The van der Waals surface area contributed by atoms with E-state index in [2.05, 4.69) is 38.1 Å². The van der Waals surface area contributed by atoms with Gasteiger partial charge in [0.15, 0.2) is 0 Å². The lowest BCUT2D eigenvalue weighted by Crippen LogP contribution is -2.01.